The molecule has 0 amide bonds. The first-order valence-electron chi connectivity index (χ1n) is 2.40. The van der Waals surface area contributed by atoms with Gasteiger partial charge in [-0.2, -0.15) is 0 Å². The second-order valence-electron chi connectivity index (χ2n) is 1.39. The highest BCUT2D eigenvalue weighted by molar-refractivity contribution is 7.11. The van der Waals surface area contributed by atoms with Crippen LogP contribution in [0.15, 0.2) is 5.51 Å². The summed E-state index contributed by atoms with van der Waals surface area (Å²) in [6.07, 6.45) is 0. The maximum Gasteiger partial charge on any atom is 0.341 e. The van der Waals surface area contributed by atoms with Crippen LogP contribution in [0.25, 0.3) is 0 Å². The third-order valence-electron chi connectivity index (χ3n) is 0.659. The van der Waals surface area contributed by atoms with Crippen LogP contribution in [0.1, 0.15) is 0 Å². The van der Waals surface area contributed by atoms with E-state index in [2.05, 4.69) is 14.9 Å². The van der Waals surface area contributed by atoms with Crippen LogP contribution in [-0.2, 0) is 4.79 Å². The van der Waals surface area contributed by atoms with Gasteiger partial charge in [0.15, 0.2) is 6.61 Å². The summed E-state index contributed by atoms with van der Waals surface area (Å²) in [5.74, 6) is -1.02. The Labute approximate surface area is 60.3 Å². The predicted molar refractivity (Wildman–Crippen MR) is 33.0 cm³/mol. The van der Waals surface area contributed by atoms with Gasteiger partial charge in [-0.05, 0) is 0 Å². The third-order valence-corrected chi connectivity index (χ3v) is 1.26. The van der Waals surface area contributed by atoms with Gasteiger partial charge >= 0.3 is 5.97 Å². The molecular weight excluding hydrogens is 156 g/mol. The molecule has 0 aromatic carbocycles. The number of ether oxygens (including phenoxy) is 1. The fourth-order valence-electron chi connectivity index (χ4n) is 0.349. The molecule has 0 aliphatic carbocycles. The van der Waals surface area contributed by atoms with Crippen molar-refractivity contribution >= 4 is 17.3 Å². The number of aromatic nitrogens is 2. The molecule has 0 aliphatic heterocycles. The number of carboxylic acids is 1. The first-order valence-corrected chi connectivity index (χ1v) is 3.28. The lowest BCUT2D eigenvalue weighted by Crippen LogP contribution is -2.09. The van der Waals surface area contributed by atoms with Gasteiger partial charge in [-0.1, -0.05) is 11.3 Å². The zero-order valence-electron chi connectivity index (χ0n) is 4.85. The Hall–Kier alpha value is -1.17. The monoisotopic (exact) mass is 160 g/mol. The SMILES string of the molecule is O=C(O)COc1nncs1. The first kappa shape index (κ1) is 6.94. The van der Waals surface area contributed by atoms with Crippen LogP contribution < -0.4 is 4.74 Å². The zero-order valence-corrected chi connectivity index (χ0v) is 5.67. The lowest BCUT2D eigenvalue weighted by atomic mass is 10.8. The molecule has 6 heteroatoms. The number of aliphatic carboxylic acids is 1. The molecule has 1 aromatic heterocycles. The maximum absolute atomic E-state index is 9.93. The van der Waals surface area contributed by atoms with Gasteiger partial charge in [-0.3, -0.25) is 0 Å². The normalized spacial score (nSPS) is 9.20. The van der Waals surface area contributed by atoms with Crippen molar-refractivity contribution in [2.45, 2.75) is 0 Å². The Morgan fingerprint density at radius 3 is 3.20 bits per heavy atom. The second kappa shape index (κ2) is 3.11. The van der Waals surface area contributed by atoms with Crippen molar-refractivity contribution in [3.63, 3.8) is 0 Å². The Kier molecular flexibility index (Phi) is 2.16. The molecule has 0 unspecified atom stereocenters. The van der Waals surface area contributed by atoms with Crippen molar-refractivity contribution in [3.8, 4) is 5.19 Å². The molecule has 1 heterocycles. The molecule has 0 fully saturated rings. The summed E-state index contributed by atoms with van der Waals surface area (Å²) < 4.78 is 4.65. The van der Waals surface area contributed by atoms with E-state index in [4.69, 9.17) is 5.11 Å². The number of carbonyl (C=O) groups is 1. The van der Waals surface area contributed by atoms with Crippen LogP contribution in [0, 0.1) is 0 Å². The molecule has 0 bridgehead atoms. The topological polar surface area (TPSA) is 72.3 Å². The van der Waals surface area contributed by atoms with Crippen LogP contribution >= 0.6 is 11.3 Å². The van der Waals surface area contributed by atoms with Crippen molar-refractivity contribution in [1.82, 2.24) is 10.2 Å². The summed E-state index contributed by atoms with van der Waals surface area (Å²) in [6.45, 7) is -0.366. The molecule has 0 atom stereocenters. The molecule has 0 radical (unpaired) electrons. The molecule has 0 saturated heterocycles. The largest absolute Gasteiger partial charge is 0.479 e. The maximum atomic E-state index is 9.93. The van der Waals surface area contributed by atoms with E-state index in [1.807, 2.05) is 0 Å². The van der Waals surface area contributed by atoms with Crippen LogP contribution in [0.3, 0.4) is 0 Å². The minimum atomic E-state index is -1.02. The Morgan fingerprint density at radius 1 is 1.90 bits per heavy atom. The van der Waals surface area contributed by atoms with E-state index in [1.54, 1.807) is 0 Å². The van der Waals surface area contributed by atoms with Crippen molar-refractivity contribution in [3.05, 3.63) is 5.51 Å². The third kappa shape index (κ3) is 1.98. The molecular formula is C4H4N2O3S. The molecule has 1 rings (SSSR count). The van der Waals surface area contributed by atoms with Crippen molar-refractivity contribution in [2.24, 2.45) is 0 Å². The van der Waals surface area contributed by atoms with Crippen LogP contribution in [0.2, 0.25) is 0 Å². The van der Waals surface area contributed by atoms with Crippen molar-refractivity contribution < 1.29 is 14.6 Å². The van der Waals surface area contributed by atoms with Gasteiger partial charge in [-0.15, -0.1) is 10.2 Å². The van der Waals surface area contributed by atoms with Gasteiger partial charge in [0.2, 0.25) is 0 Å². The van der Waals surface area contributed by atoms with Crippen LogP contribution in [0.4, 0.5) is 0 Å². The molecule has 0 saturated carbocycles. The van der Waals surface area contributed by atoms with E-state index < -0.39 is 5.97 Å². The highest BCUT2D eigenvalue weighted by Gasteiger charge is 2.00. The molecule has 1 aromatic rings. The predicted octanol–water partition coefficient (Wildman–Crippen LogP) is 0.00150. The number of carboxylic acid groups (broad SMARTS) is 1. The van der Waals surface area contributed by atoms with E-state index in [1.165, 1.54) is 5.51 Å². The minimum Gasteiger partial charge on any atom is -0.479 e. The van der Waals surface area contributed by atoms with Gasteiger partial charge in [0, 0.05) is 0 Å². The lowest BCUT2D eigenvalue weighted by Gasteiger charge is -1.93. The van der Waals surface area contributed by atoms with Gasteiger partial charge in [0.05, 0.1) is 0 Å². The summed E-state index contributed by atoms with van der Waals surface area (Å²) in [7, 11) is 0. The number of rotatable bonds is 3. The van der Waals surface area contributed by atoms with Gasteiger partial charge in [0.25, 0.3) is 5.19 Å². The number of nitrogens with zero attached hydrogens (tertiary/aromatic N) is 2. The van der Waals surface area contributed by atoms with Crippen molar-refractivity contribution in [1.29, 1.82) is 0 Å². The standard InChI is InChI=1S/C4H4N2O3S/c7-3(8)1-9-4-6-5-2-10-4/h2H,1H2,(H,7,8). The fraction of sp³-hybridized carbons (Fsp3) is 0.250. The highest BCUT2D eigenvalue weighted by atomic mass is 32.1. The van der Waals surface area contributed by atoms with E-state index in [0.29, 0.717) is 0 Å². The molecule has 10 heavy (non-hydrogen) atoms. The van der Waals surface area contributed by atoms with E-state index in [0.717, 1.165) is 11.3 Å². The number of hydrogen-bond acceptors (Lipinski definition) is 5. The van der Waals surface area contributed by atoms with Crippen molar-refractivity contribution in [2.75, 3.05) is 6.61 Å². The summed E-state index contributed by atoms with van der Waals surface area (Å²) in [5.41, 5.74) is 1.47. The fourth-order valence-corrected chi connectivity index (χ4v) is 0.755. The Morgan fingerprint density at radius 2 is 2.70 bits per heavy atom. The number of hydrogen-bond donors (Lipinski definition) is 1. The molecule has 0 spiro atoms. The van der Waals surface area contributed by atoms with Gasteiger partial charge in [0.1, 0.15) is 5.51 Å². The van der Waals surface area contributed by atoms with E-state index >= 15 is 0 Å². The molecule has 5 nitrogen and oxygen atoms in total. The highest BCUT2D eigenvalue weighted by Crippen LogP contribution is 2.10. The molecule has 1 N–H and O–H groups in total. The Balaban J connectivity index is 2.35. The van der Waals surface area contributed by atoms with Gasteiger partial charge < -0.3 is 9.84 Å². The average Bonchev–Trinajstić information content (AvgIpc) is 2.34. The minimum absolute atomic E-state index is 0.280. The molecule has 0 aliphatic rings. The second-order valence-corrected chi connectivity index (χ2v) is 2.18. The van der Waals surface area contributed by atoms with Crippen LogP contribution in [-0.4, -0.2) is 27.9 Å². The zero-order chi connectivity index (χ0) is 7.40. The van der Waals surface area contributed by atoms with Crippen LogP contribution in [0.5, 0.6) is 5.19 Å². The van der Waals surface area contributed by atoms with E-state index in [-0.39, 0.29) is 11.8 Å². The summed E-state index contributed by atoms with van der Waals surface area (Å²) in [5, 5.41) is 15.3. The van der Waals surface area contributed by atoms with Gasteiger partial charge in [-0.25, -0.2) is 4.79 Å². The lowest BCUT2D eigenvalue weighted by molar-refractivity contribution is -0.139. The molecule has 54 valence electrons. The smallest absolute Gasteiger partial charge is 0.341 e. The quantitative estimate of drug-likeness (QED) is 0.673. The first-order chi connectivity index (χ1) is 4.79. The van der Waals surface area contributed by atoms with E-state index in [9.17, 15) is 4.79 Å². The summed E-state index contributed by atoms with van der Waals surface area (Å²) >= 11 is 1.16. The average molecular weight is 160 g/mol. The summed E-state index contributed by atoms with van der Waals surface area (Å²) in [4.78, 5) is 9.93. The summed E-state index contributed by atoms with van der Waals surface area (Å²) in [6, 6.07) is 0. The Bertz CT molecular complexity index is 210.